The van der Waals surface area contributed by atoms with Gasteiger partial charge in [-0.3, -0.25) is 0 Å². The van der Waals surface area contributed by atoms with Crippen molar-refractivity contribution in [2.75, 3.05) is 23.4 Å². The van der Waals surface area contributed by atoms with Gasteiger partial charge in [-0.2, -0.15) is 0 Å². The highest BCUT2D eigenvalue weighted by Gasteiger charge is 2.32. The van der Waals surface area contributed by atoms with Crippen molar-refractivity contribution in [1.29, 1.82) is 0 Å². The lowest BCUT2D eigenvalue weighted by molar-refractivity contribution is 0.562. The van der Waals surface area contributed by atoms with E-state index in [4.69, 9.17) is 0 Å². The minimum absolute atomic E-state index is 0.0220. The second kappa shape index (κ2) is 6.29. The largest absolute Gasteiger partial charge is 0.369 e. The second-order valence-electron chi connectivity index (χ2n) is 5.00. The van der Waals surface area contributed by atoms with Crippen molar-refractivity contribution in [2.24, 2.45) is 0 Å². The average Bonchev–Trinajstić information content (AvgIpc) is 2.75. The molecule has 0 saturated carbocycles. The Balaban J connectivity index is 2.20. The molecule has 0 aromatic carbocycles. The van der Waals surface area contributed by atoms with Gasteiger partial charge >= 0.3 is 0 Å². The van der Waals surface area contributed by atoms with Crippen LogP contribution in [0.3, 0.4) is 0 Å². The smallest absolute Gasteiger partial charge is 0.244 e. The van der Waals surface area contributed by atoms with Gasteiger partial charge in [0.1, 0.15) is 10.7 Å². The summed E-state index contributed by atoms with van der Waals surface area (Å²) in [7, 11) is -6.93. The summed E-state index contributed by atoms with van der Waals surface area (Å²) >= 11 is 0. The second-order valence-corrected chi connectivity index (χ2v) is 8.91. The van der Waals surface area contributed by atoms with Crippen molar-refractivity contribution in [1.82, 2.24) is 9.71 Å². The number of hydrogen-bond donors (Lipinski definition) is 2. The quantitative estimate of drug-likeness (QED) is 0.779. The molecule has 2 N–H and O–H groups in total. The molecule has 118 valence electrons. The molecule has 7 nitrogen and oxygen atoms in total. The van der Waals surface area contributed by atoms with Crippen molar-refractivity contribution >= 4 is 25.7 Å². The van der Waals surface area contributed by atoms with Gasteiger partial charge in [0.25, 0.3) is 0 Å². The third-order valence-electron chi connectivity index (χ3n) is 3.16. The number of hydrogen-bond acceptors (Lipinski definition) is 6. The molecule has 0 spiro atoms. The molecule has 1 aromatic rings. The predicted molar refractivity (Wildman–Crippen MR) is 80.4 cm³/mol. The van der Waals surface area contributed by atoms with Crippen LogP contribution in [0.15, 0.2) is 23.2 Å². The summed E-state index contributed by atoms with van der Waals surface area (Å²) in [6.07, 6.45) is 2.65. The third kappa shape index (κ3) is 4.14. The van der Waals surface area contributed by atoms with Crippen LogP contribution in [0.1, 0.15) is 19.8 Å². The molecule has 1 aliphatic rings. The Labute approximate surface area is 125 Å². The van der Waals surface area contributed by atoms with E-state index in [-0.39, 0.29) is 22.2 Å². The first-order valence-electron chi connectivity index (χ1n) is 6.76. The Kier molecular flexibility index (Phi) is 4.84. The number of pyridine rings is 1. The van der Waals surface area contributed by atoms with Crippen LogP contribution in [-0.2, 0) is 19.9 Å². The van der Waals surface area contributed by atoms with Crippen molar-refractivity contribution < 1.29 is 16.8 Å². The summed E-state index contributed by atoms with van der Waals surface area (Å²) in [5, 5.41) is 2.96. The first-order valence-corrected chi connectivity index (χ1v) is 10.1. The van der Waals surface area contributed by atoms with Crippen molar-refractivity contribution in [3.05, 3.63) is 18.3 Å². The van der Waals surface area contributed by atoms with Gasteiger partial charge < -0.3 is 5.32 Å². The maximum Gasteiger partial charge on any atom is 0.244 e. The van der Waals surface area contributed by atoms with Crippen LogP contribution < -0.4 is 10.0 Å². The zero-order valence-electron chi connectivity index (χ0n) is 11.7. The van der Waals surface area contributed by atoms with E-state index in [1.54, 1.807) is 0 Å². The molecule has 1 saturated heterocycles. The maximum absolute atomic E-state index is 12.4. The van der Waals surface area contributed by atoms with Gasteiger partial charge in [0.2, 0.25) is 10.0 Å². The van der Waals surface area contributed by atoms with Gasteiger partial charge in [-0.1, -0.05) is 6.92 Å². The Bertz CT molecular complexity index is 701. The summed E-state index contributed by atoms with van der Waals surface area (Å²) in [5.41, 5.74) is 0. The fraction of sp³-hybridized carbons (Fsp3) is 0.583. The van der Waals surface area contributed by atoms with Gasteiger partial charge in [-0.25, -0.2) is 26.5 Å². The highest BCUT2D eigenvalue weighted by molar-refractivity contribution is 7.92. The normalized spacial score (nSPS) is 21.3. The molecule has 2 heterocycles. The molecule has 1 unspecified atom stereocenters. The Hall–Kier alpha value is -1.19. The van der Waals surface area contributed by atoms with E-state index in [1.165, 1.54) is 18.3 Å². The molecular formula is C12H19N3O4S2. The summed E-state index contributed by atoms with van der Waals surface area (Å²) in [6, 6.07) is 2.42. The summed E-state index contributed by atoms with van der Waals surface area (Å²) in [6.45, 7) is 2.57. The molecule has 9 heteroatoms. The minimum atomic E-state index is -3.79. The van der Waals surface area contributed by atoms with Crippen LogP contribution in [0, 0.1) is 0 Å². The SMILES string of the molecule is CCCNc1ncccc1S(=O)(=O)NC1CCS(=O)(=O)C1. The number of nitrogens with zero attached hydrogens (tertiary/aromatic N) is 1. The van der Waals surface area contributed by atoms with Crippen LogP contribution in [0.4, 0.5) is 5.82 Å². The number of aromatic nitrogens is 1. The Morgan fingerprint density at radius 2 is 2.19 bits per heavy atom. The fourth-order valence-electron chi connectivity index (χ4n) is 2.15. The number of sulfonamides is 1. The molecule has 0 aliphatic carbocycles. The molecule has 0 radical (unpaired) electrons. The van der Waals surface area contributed by atoms with E-state index < -0.39 is 25.9 Å². The minimum Gasteiger partial charge on any atom is -0.369 e. The van der Waals surface area contributed by atoms with Gasteiger partial charge in [0, 0.05) is 18.8 Å². The zero-order chi connectivity index (χ0) is 15.5. The number of anilines is 1. The van der Waals surface area contributed by atoms with Gasteiger partial charge in [0.15, 0.2) is 9.84 Å². The van der Waals surface area contributed by atoms with Crippen molar-refractivity contribution in [3.63, 3.8) is 0 Å². The third-order valence-corrected chi connectivity index (χ3v) is 6.48. The molecule has 1 aliphatic heterocycles. The fourth-order valence-corrected chi connectivity index (χ4v) is 5.34. The predicted octanol–water partition coefficient (Wildman–Crippen LogP) is 0.369. The maximum atomic E-state index is 12.4. The van der Waals surface area contributed by atoms with E-state index in [1.807, 2.05) is 6.92 Å². The van der Waals surface area contributed by atoms with Crippen molar-refractivity contribution in [3.8, 4) is 0 Å². The summed E-state index contributed by atoms with van der Waals surface area (Å²) < 4.78 is 50.1. The van der Waals surface area contributed by atoms with E-state index in [2.05, 4.69) is 15.0 Å². The molecule has 2 rings (SSSR count). The standard InChI is InChI=1S/C12H19N3O4S2/c1-2-6-13-12-11(4-3-7-14-12)21(18,19)15-10-5-8-20(16,17)9-10/h3-4,7,10,15H,2,5-6,8-9H2,1H3,(H,13,14). The van der Waals surface area contributed by atoms with E-state index >= 15 is 0 Å². The number of nitrogens with one attached hydrogen (secondary N) is 2. The number of sulfone groups is 1. The molecule has 21 heavy (non-hydrogen) atoms. The molecule has 0 amide bonds. The van der Waals surface area contributed by atoms with Gasteiger partial charge in [0.05, 0.1) is 11.5 Å². The van der Waals surface area contributed by atoms with E-state index in [0.717, 1.165) is 6.42 Å². The lowest BCUT2D eigenvalue weighted by Gasteiger charge is -2.14. The van der Waals surface area contributed by atoms with Crippen LogP contribution in [-0.4, -0.2) is 45.9 Å². The molecule has 1 fully saturated rings. The molecule has 0 bridgehead atoms. The summed E-state index contributed by atoms with van der Waals surface area (Å²) in [4.78, 5) is 4.08. The molecule has 1 atom stereocenters. The molecule has 1 aromatic heterocycles. The topological polar surface area (TPSA) is 105 Å². The lowest BCUT2D eigenvalue weighted by atomic mass is 10.3. The first kappa shape index (κ1) is 16.2. The molecular weight excluding hydrogens is 314 g/mol. The summed E-state index contributed by atoms with van der Waals surface area (Å²) in [5.74, 6) is 0.158. The zero-order valence-corrected chi connectivity index (χ0v) is 13.4. The van der Waals surface area contributed by atoms with E-state index in [0.29, 0.717) is 13.0 Å². The van der Waals surface area contributed by atoms with Gasteiger partial charge in [-0.05, 0) is 25.0 Å². The van der Waals surface area contributed by atoms with Crippen LogP contribution in [0.25, 0.3) is 0 Å². The highest BCUT2D eigenvalue weighted by atomic mass is 32.2. The van der Waals surface area contributed by atoms with Gasteiger partial charge in [-0.15, -0.1) is 0 Å². The lowest BCUT2D eigenvalue weighted by Crippen LogP contribution is -2.36. The van der Waals surface area contributed by atoms with Crippen LogP contribution in [0.5, 0.6) is 0 Å². The first-order chi connectivity index (χ1) is 9.84. The van der Waals surface area contributed by atoms with E-state index in [9.17, 15) is 16.8 Å². The Morgan fingerprint density at radius 1 is 1.43 bits per heavy atom. The monoisotopic (exact) mass is 333 g/mol. The van der Waals surface area contributed by atoms with Crippen LogP contribution >= 0.6 is 0 Å². The van der Waals surface area contributed by atoms with Crippen LogP contribution in [0.2, 0.25) is 0 Å². The Morgan fingerprint density at radius 3 is 2.81 bits per heavy atom. The average molecular weight is 333 g/mol. The number of rotatable bonds is 6. The van der Waals surface area contributed by atoms with Crippen molar-refractivity contribution in [2.45, 2.75) is 30.7 Å². The highest BCUT2D eigenvalue weighted by Crippen LogP contribution is 2.20.